The largest absolute Gasteiger partial charge is 0.488 e. The van der Waals surface area contributed by atoms with E-state index in [1.807, 2.05) is 32.0 Å². The SMILES string of the molecule is CC(C)c1nc2ccc(Br)cc2c(=O)n1N=Cc1cc(Cl)ccc1OCc1ccc(Cl)c(Cl)c1. The van der Waals surface area contributed by atoms with E-state index in [4.69, 9.17) is 39.5 Å². The van der Waals surface area contributed by atoms with Gasteiger partial charge in [0.2, 0.25) is 0 Å². The molecule has 0 aliphatic heterocycles. The summed E-state index contributed by atoms with van der Waals surface area (Å²) in [6.45, 7) is 4.19. The van der Waals surface area contributed by atoms with Crippen LogP contribution in [-0.4, -0.2) is 15.9 Å². The number of nitrogens with zero attached hydrogens (tertiary/aromatic N) is 3. The summed E-state index contributed by atoms with van der Waals surface area (Å²) in [5, 5.41) is 6.40. The first kappa shape index (κ1) is 24.7. The van der Waals surface area contributed by atoms with E-state index in [0.717, 1.165) is 10.0 Å². The van der Waals surface area contributed by atoms with E-state index >= 15 is 0 Å². The zero-order chi connectivity index (χ0) is 24.4. The Morgan fingerprint density at radius 1 is 1.06 bits per heavy atom. The van der Waals surface area contributed by atoms with Crippen LogP contribution in [-0.2, 0) is 6.61 Å². The van der Waals surface area contributed by atoms with Crippen LogP contribution >= 0.6 is 50.7 Å². The summed E-state index contributed by atoms with van der Waals surface area (Å²) >= 11 is 21.7. The number of hydrogen-bond acceptors (Lipinski definition) is 4. The lowest BCUT2D eigenvalue weighted by Gasteiger charge is -2.13. The van der Waals surface area contributed by atoms with Crippen molar-refractivity contribution in [2.75, 3.05) is 0 Å². The molecule has 0 aliphatic rings. The van der Waals surface area contributed by atoms with Crippen LogP contribution in [0.1, 0.15) is 36.7 Å². The Kier molecular flexibility index (Phi) is 7.63. The average Bonchev–Trinajstić information content (AvgIpc) is 2.80. The van der Waals surface area contributed by atoms with E-state index < -0.39 is 0 Å². The van der Waals surface area contributed by atoms with E-state index in [2.05, 4.69) is 26.0 Å². The molecule has 0 saturated carbocycles. The molecular formula is C25H19BrCl3N3O2. The highest BCUT2D eigenvalue weighted by Gasteiger charge is 2.14. The Hall–Kier alpha value is -2.38. The molecule has 5 nitrogen and oxygen atoms in total. The smallest absolute Gasteiger partial charge is 0.282 e. The molecule has 0 spiro atoms. The van der Waals surface area contributed by atoms with Crippen molar-refractivity contribution in [3.8, 4) is 5.75 Å². The fourth-order valence-corrected chi connectivity index (χ4v) is 4.18. The number of rotatable bonds is 6. The van der Waals surface area contributed by atoms with Gasteiger partial charge in [-0.15, -0.1) is 0 Å². The summed E-state index contributed by atoms with van der Waals surface area (Å²) < 4.78 is 8.11. The van der Waals surface area contributed by atoms with Gasteiger partial charge in [-0.3, -0.25) is 4.79 Å². The van der Waals surface area contributed by atoms with E-state index in [9.17, 15) is 4.79 Å². The minimum Gasteiger partial charge on any atom is -0.488 e. The fourth-order valence-electron chi connectivity index (χ4n) is 3.31. The van der Waals surface area contributed by atoms with Crippen molar-refractivity contribution < 1.29 is 4.74 Å². The predicted octanol–water partition coefficient (Wildman–Crippen LogP) is 7.70. The first-order chi connectivity index (χ1) is 16.2. The predicted molar refractivity (Wildman–Crippen MR) is 143 cm³/mol. The molecule has 0 N–H and O–H groups in total. The van der Waals surface area contributed by atoms with Gasteiger partial charge < -0.3 is 4.74 Å². The van der Waals surface area contributed by atoms with Crippen molar-refractivity contribution in [2.24, 2.45) is 5.10 Å². The molecular weight excluding hydrogens is 561 g/mol. The molecule has 9 heteroatoms. The molecule has 0 atom stereocenters. The van der Waals surface area contributed by atoms with Crippen molar-refractivity contribution in [2.45, 2.75) is 26.4 Å². The molecule has 1 heterocycles. The van der Waals surface area contributed by atoms with Gasteiger partial charge in [-0.1, -0.05) is 70.6 Å². The normalized spacial score (nSPS) is 11.6. The van der Waals surface area contributed by atoms with Crippen LogP contribution in [0.25, 0.3) is 10.9 Å². The highest BCUT2D eigenvalue weighted by molar-refractivity contribution is 9.10. The Balaban J connectivity index is 1.72. The van der Waals surface area contributed by atoms with Crippen LogP contribution in [0.3, 0.4) is 0 Å². The number of benzene rings is 3. The van der Waals surface area contributed by atoms with Crippen molar-refractivity contribution in [1.82, 2.24) is 9.66 Å². The van der Waals surface area contributed by atoms with Crippen LogP contribution in [0.4, 0.5) is 0 Å². The molecule has 174 valence electrons. The van der Waals surface area contributed by atoms with Gasteiger partial charge in [0.15, 0.2) is 0 Å². The molecule has 1 aromatic heterocycles. The molecule has 34 heavy (non-hydrogen) atoms. The zero-order valence-corrected chi connectivity index (χ0v) is 22.1. The van der Waals surface area contributed by atoms with Gasteiger partial charge in [0.1, 0.15) is 18.2 Å². The van der Waals surface area contributed by atoms with Crippen molar-refractivity contribution in [1.29, 1.82) is 0 Å². The van der Waals surface area contributed by atoms with Crippen LogP contribution in [0, 0.1) is 0 Å². The van der Waals surface area contributed by atoms with Gasteiger partial charge in [-0.2, -0.15) is 9.78 Å². The lowest BCUT2D eigenvalue weighted by atomic mass is 10.2. The molecule has 3 aromatic carbocycles. The van der Waals surface area contributed by atoms with Gasteiger partial charge in [0.05, 0.1) is 27.2 Å². The highest BCUT2D eigenvalue weighted by atomic mass is 79.9. The summed E-state index contributed by atoms with van der Waals surface area (Å²) in [6.07, 6.45) is 1.55. The van der Waals surface area contributed by atoms with Gasteiger partial charge in [-0.25, -0.2) is 4.98 Å². The third-order valence-corrected chi connectivity index (χ3v) is 6.48. The Morgan fingerprint density at radius 2 is 1.85 bits per heavy atom. The number of aromatic nitrogens is 2. The molecule has 0 radical (unpaired) electrons. The number of fused-ring (bicyclic) bond motifs is 1. The summed E-state index contributed by atoms with van der Waals surface area (Å²) in [7, 11) is 0. The summed E-state index contributed by atoms with van der Waals surface area (Å²) in [4.78, 5) is 17.9. The molecule has 0 amide bonds. The van der Waals surface area contributed by atoms with E-state index in [1.54, 1.807) is 42.6 Å². The molecule has 0 bridgehead atoms. The molecule has 0 fully saturated rings. The molecule has 4 aromatic rings. The minimum atomic E-state index is -0.258. The fraction of sp³-hybridized carbons (Fsp3) is 0.160. The molecule has 0 saturated heterocycles. The quantitative estimate of drug-likeness (QED) is 0.220. The number of halogens is 4. The third kappa shape index (κ3) is 5.47. The summed E-state index contributed by atoms with van der Waals surface area (Å²) in [5.74, 6) is 1.08. The second-order valence-corrected chi connectivity index (χ2v) is 10.0. The lowest BCUT2D eigenvalue weighted by Crippen LogP contribution is -2.23. The summed E-state index contributed by atoms with van der Waals surface area (Å²) in [6, 6.07) is 15.9. The Labute approximate surface area is 220 Å². The Bertz CT molecular complexity index is 1470. The monoisotopic (exact) mass is 577 g/mol. The standard InChI is InChI=1S/C25H19BrCl3N3O2/c1-14(2)24-31-22-7-4-17(26)11-19(22)25(33)32(24)30-12-16-10-18(27)5-8-23(16)34-13-15-3-6-20(28)21(29)9-15/h3-12,14H,13H2,1-2H3. The van der Waals surface area contributed by atoms with Gasteiger partial charge in [0, 0.05) is 21.0 Å². The van der Waals surface area contributed by atoms with E-state index in [-0.39, 0.29) is 18.1 Å². The van der Waals surface area contributed by atoms with Crippen LogP contribution in [0.2, 0.25) is 15.1 Å². The topological polar surface area (TPSA) is 56.5 Å². The summed E-state index contributed by atoms with van der Waals surface area (Å²) in [5.41, 5.74) is 1.83. The third-order valence-electron chi connectivity index (χ3n) is 5.01. The average molecular weight is 580 g/mol. The zero-order valence-electron chi connectivity index (χ0n) is 18.2. The van der Waals surface area contributed by atoms with Crippen molar-refractivity contribution >= 4 is 67.9 Å². The first-order valence-electron chi connectivity index (χ1n) is 10.4. The Morgan fingerprint density at radius 3 is 2.59 bits per heavy atom. The van der Waals surface area contributed by atoms with Crippen LogP contribution < -0.4 is 10.3 Å². The maximum absolute atomic E-state index is 13.3. The van der Waals surface area contributed by atoms with Gasteiger partial charge in [0.25, 0.3) is 5.56 Å². The molecule has 4 rings (SSSR count). The number of ether oxygens (including phenoxy) is 1. The van der Waals surface area contributed by atoms with Gasteiger partial charge >= 0.3 is 0 Å². The highest BCUT2D eigenvalue weighted by Crippen LogP contribution is 2.26. The molecule has 0 aliphatic carbocycles. The van der Waals surface area contributed by atoms with Crippen molar-refractivity contribution in [3.63, 3.8) is 0 Å². The maximum atomic E-state index is 13.3. The molecule has 0 unspecified atom stereocenters. The second-order valence-electron chi connectivity index (χ2n) is 7.87. The first-order valence-corrected chi connectivity index (χ1v) is 12.3. The van der Waals surface area contributed by atoms with Crippen LogP contribution in [0.5, 0.6) is 5.75 Å². The van der Waals surface area contributed by atoms with Crippen LogP contribution in [0.15, 0.2) is 69.0 Å². The number of hydrogen-bond donors (Lipinski definition) is 0. The minimum absolute atomic E-state index is 0.0253. The lowest BCUT2D eigenvalue weighted by molar-refractivity contribution is 0.306. The van der Waals surface area contributed by atoms with Gasteiger partial charge in [-0.05, 0) is 54.1 Å². The van der Waals surface area contributed by atoms with Crippen molar-refractivity contribution in [3.05, 3.63) is 101 Å². The maximum Gasteiger partial charge on any atom is 0.282 e. The van der Waals surface area contributed by atoms with E-state index in [0.29, 0.717) is 43.1 Å². The van der Waals surface area contributed by atoms with E-state index in [1.165, 1.54) is 4.68 Å². The second kappa shape index (κ2) is 10.5.